The number of thiophene rings is 1. The van der Waals surface area contributed by atoms with Gasteiger partial charge in [-0.3, -0.25) is 0 Å². The Morgan fingerprint density at radius 1 is 1.31 bits per heavy atom. The average molecular weight is 235 g/mol. The molecule has 2 aliphatic rings. The summed E-state index contributed by atoms with van der Waals surface area (Å²) in [6, 6.07) is 4.47. The van der Waals surface area contributed by atoms with Gasteiger partial charge in [-0.25, -0.2) is 0 Å². The van der Waals surface area contributed by atoms with Gasteiger partial charge in [0.2, 0.25) is 0 Å². The third-order valence-corrected chi connectivity index (χ3v) is 5.56. The molecule has 1 aliphatic carbocycles. The van der Waals surface area contributed by atoms with Gasteiger partial charge in [-0.1, -0.05) is 18.9 Å². The monoisotopic (exact) mass is 235 g/mol. The third-order valence-electron chi connectivity index (χ3n) is 4.62. The Balaban J connectivity index is 1.62. The van der Waals surface area contributed by atoms with Crippen LogP contribution >= 0.6 is 11.3 Å². The highest BCUT2D eigenvalue weighted by molar-refractivity contribution is 7.09. The van der Waals surface area contributed by atoms with Crippen LogP contribution in [0.2, 0.25) is 0 Å². The molecule has 1 aromatic heterocycles. The molecule has 0 radical (unpaired) electrons. The Bertz CT molecular complexity index is 321. The Morgan fingerprint density at radius 2 is 2.12 bits per heavy atom. The fourth-order valence-corrected chi connectivity index (χ4v) is 4.19. The lowest BCUT2D eigenvalue weighted by Gasteiger charge is -2.47. The largest absolute Gasteiger partial charge is 0.316 e. The minimum atomic E-state index is 0.667. The van der Waals surface area contributed by atoms with E-state index in [1.807, 2.05) is 11.3 Å². The molecular formula is C14H21NS. The fraction of sp³-hybridized carbons (Fsp3) is 0.714. The second kappa shape index (κ2) is 4.50. The van der Waals surface area contributed by atoms with Crippen molar-refractivity contribution < 1.29 is 0 Å². The van der Waals surface area contributed by atoms with E-state index in [-0.39, 0.29) is 0 Å². The van der Waals surface area contributed by atoms with Crippen molar-refractivity contribution in [3.8, 4) is 0 Å². The van der Waals surface area contributed by atoms with Gasteiger partial charge < -0.3 is 5.32 Å². The quantitative estimate of drug-likeness (QED) is 0.842. The zero-order valence-corrected chi connectivity index (χ0v) is 10.7. The van der Waals surface area contributed by atoms with Gasteiger partial charge in [-0.2, -0.15) is 0 Å². The molecule has 1 saturated heterocycles. The van der Waals surface area contributed by atoms with Gasteiger partial charge >= 0.3 is 0 Å². The van der Waals surface area contributed by atoms with Crippen LogP contribution in [-0.2, 0) is 6.42 Å². The predicted octanol–water partition coefficient (Wildman–Crippen LogP) is 3.46. The van der Waals surface area contributed by atoms with Crippen LogP contribution in [0, 0.1) is 11.3 Å². The van der Waals surface area contributed by atoms with E-state index in [1.165, 1.54) is 51.6 Å². The smallest absolute Gasteiger partial charge is 0.00454 e. The van der Waals surface area contributed by atoms with Gasteiger partial charge in [-0.05, 0) is 48.5 Å². The molecule has 1 aliphatic heterocycles. The van der Waals surface area contributed by atoms with Crippen LogP contribution < -0.4 is 5.32 Å². The molecule has 88 valence electrons. The number of hydrogen-bond acceptors (Lipinski definition) is 2. The number of rotatable bonds is 4. The molecule has 1 aromatic rings. The first-order chi connectivity index (χ1) is 7.89. The molecule has 2 fully saturated rings. The van der Waals surface area contributed by atoms with Crippen LogP contribution in [-0.4, -0.2) is 13.1 Å². The van der Waals surface area contributed by atoms with E-state index in [1.54, 1.807) is 4.88 Å². The molecule has 0 amide bonds. The molecular weight excluding hydrogens is 214 g/mol. The van der Waals surface area contributed by atoms with Crippen molar-refractivity contribution in [2.45, 2.75) is 38.5 Å². The Morgan fingerprint density at radius 3 is 2.69 bits per heavy atom. The molecule has 1 N–H and O–H groups in total. The highest BCUT2D eigenvalue weighted by Crippen LogP contribution is 2.45. The maximum atomic E-state index is 3.51. The molecule has 0 aromatic carbocycles. The van der Waals surface area contributed by atoms with Gasteiger partial charge in [0.15, 0.2) is 0 Å². The summed E-state index contributed by atoms with van der Waals surface area (Å²) < 4.78 is 0. The number of aryl methyl sites for hydroxylation is 1. The lowest BCUT2D eigenvalue weighted by atomic mass is 9.67. The van der Waals surface area contributed by atoms with Crippen molar-refractivity contribution in [3.05, 3.63) is 22.4 Å². The van der Waals surface area contributed by atoms with Crippen LogP contribution in [0.15, 0.2) is 17.5 Å². The summed E-state index contributed by atoms with van der Waals surface area (Å²) in [7, 11) is 0. The maximum absolute atomic E-state index is 3.51. The van der Waals surface area contributed by atoms with E-state index >= 15 is 0 Å². The molecule has 0 unspecified atom stereocenters. The molecule has 0 bridgehead atoms. The van der Waals surface area contributed by atoms with Gasteiger partial charge in [-0.15, -0.1) is 11.3 Å². The van der Waals surface area contributed by atoms with Gasteiger partial charge in [0, 0.05) is 18.0 Å². The Hall–Kier alpha value is -0.340. The van der Waals surface area contributed by atoms with E-state index in [0.717, 1.165) is 5.92 Å². The summed E-state index contributed by atoms with van der Waals surface area (Å²) in [5.74, 6) is 1.02. The molecule has 16 heavy (non-hydrogen) atoms. The fourth-order valence-electron chi connectivity index (χ4n) is 3.48. The second-order valence-electron chi connectivity index (χ2n) is 5.53. The third kappa shape index (κ3) is 1.93. The van der Waals surface area contributed by atoms with Crippen LogP contribution in [0.5, 0.6) is 0 Å². The Kier molecular flexibility index (Phi) is 3.03. The van der Waals surface area contributed by atoms with Crippen molar-refractivity contribution in [2.24, 2.45) is 11.3 Å². The summed E-state index contributed by atoms with van der Waals surface area (Å²) in [6.07, 6.45) is 8.65. The summed E-state index contributed by atoms with van der Waals surface area (Å²) in [5, 5.41) is 5.72. The molecule has 0 atom stereocenters. The zero-order chi connectivity index (χ0) is 10.8. The summed E-state index contributed by atoms with van der Waals surface area (Å²) in [5.41, 5.74) is 0.667. The van der Waals surface area contributed by atoms with Crippen molar-refractivity contribution in [1.29, 1.82) is 0 Å². The van der Waals surface area contributed by atoms with Crippen molar-refractivity contribution in [1.82, 2.24) is 5.32 Å². The number of hydrogen-bond donors (Lipinski definition) is 1. The highest BCUT2D eigenvalue weighted by atomic mass is 32.1. The average Bonchev–Trinajstić information content (AvgIpc) is 2.87. The van der Waals surface area contributed by atoms with E-state index in [2.05, 4.69) is 22.8 Å². The lowest BCUT2D eigenvalue weighted by Crippen LogP contribution is -2.57. The molecule has 2 heteroatoms. The van der Waals surface area contributed by atoms with Crippen LogP contribution in [0.3, 0.4) is 0 Å². The van der Waals surface area contributed by atoms with E-state index in [4.69, 9.17) is 0 Å². The topological polar surface area (TPSA) is 12.0 Å². The Labute approximate surface area is 102 Å². The SMILES string of the molecule is c1csc(CCC2(C3CCCC3)CNC2)c1. The molecule has 1 saturated carbocycles. The predicted molar refractivity (Wildman–Crippen MR) is 69.9 cm³/mol. The van der Waals surface area contributed by atoms with Crippen molar-refractivity contribution in [2.75, 3.05) is 13.1 Å². The normalized spacial score (nSPS) is 24.5. The van der Waals surface area contributed by atoms with E-state index in [0.29, 0.717) is 5.41 Å². The van der Waals surface area contributed by atoms with E-state index in [9.17, 15) is 0 Å². The first kappa shape index (κ1) is 10.8. The van der Waals surface area contributed by atoms with Crippen molar-refractivity contribution in [3.63, 3.8) is 0 Å². The minimum Gasteiger partial charge on any atom is -0.316 e. The molecule has 2 heterocycles. The molecule has 3 rings (SSSR count). The molecule has 0 spiro atoms. The lowest BCUT2D eigenvalue weighted by molar-refractivity contribution is 0.0706. The first-order valence-electron chi connectivity index (χ1n) is 6.62. The minimum absolute atomic E-state index is 0.667. The highest BCUT2D eigenvalue weighted by Gasteiger charge is 2.44. The van der Waals surface area contributed by atoms with Crippen LogP contribution in [0.1, 0.15) is 37.0 Å². The summed E-state index contributed by atoms with van der Waals surface area (Å²) in [4.78, 5) is 1.57. The first-order valence-corrected chi connectivity index (χ1v) is 7.50. The van der Waals surface area contributed by atoms with Crippen LogP contribution in [0.4, 0.5) is 0 Å². The van der Waals surface area contributed by atoms with Gasteiger partial charge in [0.25, 0.3) is 0 Å². The summed E-state index contributed by atoms with van der Waals surface area (Å²) >= 11 is 1.92. The number of nitrogens with one attached hydrogen (secondary N) is 1. The molecule has 1 nitrogen and oxygen atoms in total. The maximum Gasteiger partial charge on any atom is 0.00454 e. The summed E-state index contributed by atoms with van der Waals surface area (Å²) in [6.45, 7) is 2.56. The van der Waals surface area contributed by atoms with Crippen molar-refractivity contribution >= 4 is 11.3 Å². The van der Waals surface area contributed by atoms with Crippen LogP contribution in [0.25, 0.3) is 0 Å². The standard InChI is InChI=1S/C14H21NS/c1-2-5-12(4-1)14(10-15-11-14)8-7-13-6-3-9-16-13/h3,6,9,12,15H,1-2,4-5,7-8,10-11H2. The second-order valence-corrected chi connectivity index (χ2v) is 6.56. The van der Waals surface area contributed by atoms with Gasteiger partial charge in [0.05, 0.1) is 0 Å². The van der Waals surface area contributed by atoms with Gasteiger partial charge in [0.1, 0.15) is 0 Å². The van der Waals surface area contributed by atoms with E-state index < -0.39 is 0 Å². The zero-order valence-electron chi connectivity index (χ0n) is 9.87.